The molecule has 108 valence electrons. The van der Waals surface area contributed by atoms with Gasteiger partial charge in [0, 0.05) is 23.8 Å². The SMILES string of the molecule is O=C(Nc1ccc(CNC2CC2)cc1)c1cccc(F)c1. The van der Waals surface area contributed by atoms with Crippen molar-refractivity contribution in [3.05, 3.63) is 65.5 Å². The van der Waals surface area contributed by atoms with Crippen molar-refractivity contribution in [2.24, 2.45) is 0 Å². The van der Waals surface area contributed by atoms with Crippen molar-refractivity contribution in [2.75, 3.05) is 5.32 Å². The highest BCUT2D eigenvalue weighted by Gasteiger charge is 2.19. The van der Waals surface area contributed by atoms with Gasteiger partial charge in [0.25, 0.3) is 5.91 Å². The Balaban J connectivity index is 1.60. The molecule has 4 heteroatoms. The average molecular weight is 284 g/mol. The highest BCUT2D eigenvalue weighted by atomic mass is 19.1. The van der Waals surface area contributed by atoms with Crippen LogP contribution < -0.4 is 10.6 Å². The van der Waals surface area contributed by atoms with Gasteiger partial charge in [-0.25, -0.2) is 4.39 Å². The highest BCUT2D eigenvalue weighted by molar-refractivity contribution is 6.04. The van der Waals surface area contributed by atoms with Crippen molar-refractivity contribution in [1.82, 2.24) is 5.32 Å². The van der Waals surface area contributed by atoms with Crippen LogP contribution in [0.1, 0.15) is 28.8 Å². The molecule has 2 aromatic rings. The van der Waals surface area contributed by atoms with E-state index < -0.39 is 5.82 Å². The first-order valence-corrected chi connectivity index (χ1v) is 7.10. The van der Waals surface area contributed by atoms with E-state index in [9.17, 15) is 9.18 Å². The van der Waals surface area contributed by atoms with Gasteiger partial charge in [0.15, 0.2) is 0 Å². The van der Waals surface area contributed by atoms with Crippen molar-refractivity contribution in [2.45, 2.75) is 25.4 Å². The number of amides is 1. The first-order chi connectivity index (χ1) is 10.2. The minimum absolute atomic E-state index is 0.307. The molecule has 2 N–H and O–H groups in total. The Morgan fingerprint density at radius 3 is 2.57 bits per heavy atom. The molecule has 3 nitrogen and oxygen atoms in total. The van der Waals surface area contributed by atoms with E-state index >= 15 is 0 Å². The van der Waals surface area contributed by atoms with Crippen molar-refractivity contribution in [1.29, 1.82) is 0 Å². The van der Waals surface area contributed by atoms with Crippen LogP contribution in [0.15, 0.2) is 48.5 Å². The predicted octanol–water partition coefficient (Wildman–Crippen LogP) is 3.33. The average Bonchev–Trinajstić information content (AvgIpc) is 3.31. The zero-order chi connectivity index (χ0) is 14.7. The van der Waals surface area contributed by atoms with Crippen LogP contribution >= 0.6 is 0 Å². The van der Waals surface area contributed by atoms with Gasteiger partial charge >= 0.3 is 0 Å². The first kappa shape index (κ1) is 13.8. The van der Waals surface area contributed by atoms with Crippen LogP contribution in [-0.2, 0) is 6.54 Å². The van der Waals surface area contributed by atoms with Gasteiger partial charge in [0.1, 0.15) is 5.82 Å². The van der Waals surface area contributed by atoms with Gasteiger partial charge in [-0.3, -0.25) is 4.79 Å². The van der Waals surface area contributed by atoms with Crippen LogP contribution in [0.5, 0.6) is 0 Å². The number of rotatable bonds is 5. The monoisotopic (exact) mass is 284 g/mol. The Bertz CT molecular complexity index is 635. The Labute approximate surface area is 123 Å². The summed E-state index contributed by atoms with van der Waals surface area (Å²) in [4.78, 5) is 12.0. The van der Waals surface area contributed by atoms with Gasteiger partial charge in [-0.1, -0.05) is 18.2 Å². The van der Waals surface area contributed by atoms with Crippen LogP contribution in [0.3, 0.4) is 0 Å². The summed E-state index contributed by atoms with van der Waals surface area (Å²) in [7, 11) is 0. The van der Waals surface area contributed by atoms with Gasteiger partial charge in [-0.05, 0) is 48.7 Å². The second-order valence-corrected chi connectivity index (χ2v) is 5.32. The number of hydrogen-bond acceptors (Lipinski definition) is 2. The summed E-state index contributed by atoms with van der Waals surface area (Å²) >= 11 is 0. The molecule has 0 saturated heterocycles. The van der Waals surface area contributed by atoms with Crippen molar-refractivity contribution >= 4 is 11.6 Å². The zero-order valence-corrected chi connectivity index (χ0v) is 11.6. The number of nitrogens with one attached hydrogen (secondary N) is 2. The van der Waals surface area contributed by atoms with Gasteiger partial charge < -0.3 is 10.6 Å². The Kier molecular flexibility index (Phi) is 3.97. The third-order valence-electron chi connectivity index (χ3n) is 3.47. The molecule has 0 aromatic heterocycles. The summed E-state index contributed by atoms with van der Waals surface area (Å²) in [6.45, 7) is 0.850. The van der Waals surface area contributed by atoms with Crippen molar-refractivity contribution in [3.8, 4) is 0 Å². The fourth-order valence-corrected chi connectivity index (χ4v) is 2.09. The fourth-order valence-electron chi connectivity index (χ4n) is 2.09. The molecule has 1 fully saturated rings. The van der Waals surface area contributed by atoms with E-state index in [-0.39, 0.29) is 5.91 Å². The second kappa shape index (κ2) is 6.06. The molecule has 0 atom stereocenters. The minimum atomic E-state index is -0.413. The van der Waals surface area contributed by atoms with E-state index in [1.165, 1.54) is 36.6 Å². The number of carbonyl (C=O) groups is 1. The minimum Gasteiger partial charge on any atom is -0.322 e. The molecule has 1 aliphatic rings. The topological polar surface area (TPSA) is 41.1 Å². The largest absolute Gasteiger partial charge is 0.322 e. The number of carbonyl (C=O) groups excluding carboxylic acids is 1. The number of anilines is 1. The standard InChI is InChI=1S/C17H17FN2O/c18-14-3-1-2-13(10-14)17(21)20-16-6-4-12(5-7-16)11-19-15-8-9-15/h1-7,10,15,19H,8-9,11H2,(H,20,21). The molecular weight excluding hydrogens is 267 g/mol. The van der Waals surface area contributed by atoms with Gasteiger partial charge in [-0.2, -0.15) is 0 Å². The van der Waals surface area contributed by atoms with Crippen molar-refractivity contribution in [3.63, 3.8) is 0 Å². The van der Waals surface area contributed by atoms with E-state index in [0.717, 1.165) is 6.54 Å². The number of hydrogen-bond donors (Lipinski definition) is 2. The molecule has 0 heterocycles. The number of halogens is 1. The Morgan fingerprint density at radius 1 is 1.14 bits per heavy atom. The van der Waals surface area contributed by atoms with Gasteiger partial charge in [0.2, 0.25) is 0 Å². The third kappa shape index (κ3) is 3.89. The maximum atomic E-state index is 13.1. The molecule has 0 aliphatic heterocycles. The summed E-state index contributed by atoms with van der Waals surface area (Å²) in [5, 5.41) is 6.20. The summed E-state index contributed by atoms with van der Waals surface area (Å²) in [6, 6.07) is 14.0. The summed E-state index contributed by atoms with van der Waals surface area (Å²) in [5.41, 5.74) is 2.21. The zero-order valence-electron chi connectivity index (χ0n) is 11.6. The molecule has 1 amide bonds. The lowest BCUT2D eigenvalue weighted by Gasteiger charge is -2.07. The van der Waals surface area contributed by atoms with E-state index in [0.29, 0.717) is 17.3 Å². The summed E-state index contributed by atoms with van der Waals surface area (Å²) < 4.78 is 13.1. The number of benzene rings is 2. The lowest BCUT2D eigenvalue weighted by molar-refractivity contribution is 0.102. The lowest BCUT2D eigenvalue weighted by Crippen LogP contribution is -2.15. The quantitative estimate of drug-likeness (QED) is 0.884. The third-order valence-corrected chi connectivity index (χ3v) is 3.47. The lowest BCUT2D eigenvalue weighted by atomic mass is 10.1. The second-order valence-electron chi connectivity index (χ2n) is 5.32. The molecule has 1 saturated carbocycles. The van der Waals surface area contributed by atoms with Crippen LogP contribution in [0.2, 0.25) is 0 Å². The Morgan fingerprint density at radius 2 is 1.90 bits per heavy atom. The van der Waals surface area contributed by atoms with E-state index in [1.54, 1.807) is 6.07 Å². The smallest absolute Gasteiger partial charge is 0.255 e. The first-order valence-electron chi connectivity index (χ1n) is 7.10. The highest BCUT2D eigenvalue weighted by Crippen LogP contribution is 2.19. The van der Waals surface area contributed by atoms with Crippen molar-refractivity contribution < 1.29 is 9.18 Å². The molecule has 1 aliphatic carbocycles. The predicted molar refractivity (Wildman–Crippen MR) is 80.7 cm³/mol. The van der Waals surface area contributed by atoms with E-state index in [1.807, 2.05) is 24.3 Å². The van der Waals surface area contributed by atoms with Gasteiger partial charge in [0.05, 0.1) is 0 Å². The summed E-state index contributed by atoms with van der Waals surface area (Å²) in [6.07, 6.45) is 2.53. The van der Waals surface area contributed by atoms with Crippen LogP contribution in [0.4, 0.5) is 10.1 Å². The van der Waals surface area contributed by atoms with Crippen LogP contribution in [0.25, 0.3) is 0 Å². The molecule has 0 unspecified atom stereocenters. The van der Waals surface area contributed by atoms with Crippen LogP contribution in [-0.4, -0.2) is 11.9 Å². The van der Waals surface area contributed by atoms with E-state index in [2.05, 4.69) is 10.6 Å². The molecule has 3 rings (SSSR count). The normalized spacial score (nSPS) is 14.0. The molecule has 0 bridgehead atoms. The fraction of sp³-hybridized carbons (Fsp3) is 0.235. The van der Waals surface area contributed by atoms with Gasteiger partial charge in [-0.15, -0.1) is 0 Å². The molecule has 0 spiro atoms. The molecule has 2 aromatic carbocycles. The molecular formula is C17H17FN2O. The summed E-state index contributed by atoms with van der Waals surface area (Å²) in [5.74, 6) is -0.720. The van der Waals surface area contributed by atoms with Crippen LogP contribution in [0, 0.1) is 5.82 Å². The Hall–Kier alpha value is -2.20. The molecule has 21 heavy (non-hydrogen) atoms. The molecule has 0 radical (unpaired) electrons. The maximum Gasteiger partial charge on any atom is 0.255 e. The maximum absolute atomic E-state index is 13.1. The van der Waals surface area contributed by atoms with E-state index in [4.69, 9.17) is 0 Å².